The minimum absolute atomic E-state index is 0.384. The van der Waals surface area contributed by atoms with E-state index in [0.717, 1.165) is 0 Å². The molecule has 100 valence electrons. The molecule has 2 unspecified atom stereocenters. The monoisotopic (exact) mass is 256 g/mol. The number of aliphatic hydroxyl groups is 3. The molecule has 0 spiro atoms. The molecule has 7 heteroatoms. The first-order valence-corrected chi connectivity index (χ1v) is 5.61. The highest BCUT2D eigenvalue weighted by Gasteiger charge is 2.44. The molecule has 0 aromatic carbocycles. The number of amides is 1. The van der Waals surface area contributed by atoms with Gasteiger partial charge in [0.25, 0.3) is 0 Å². The number of aliphatic hydroxyl groups excluding tert-OH is 3. The number of ether oxygens (including phenoxy) is 1. The summed E-state index contributed by atoms with van der Waals surface area (Å²) in [7, 11) is 0. The maximum atomic E-state index is 11.1. The Morgan fingerprint density at radius 3 is 2.78 bits per heavy atom. The van der Waals surface area contributed by atoms with E-state index in [1.165, 1.54) is 11.1 Å². The standard InChI is InChI=1S/C11H16N2O5/c12-10(17)6-2-1-3-13(4-6)11-9(16)8(15)7(5-14)18-11/h1,3-4,7-9,11,14-16H,2,5H2,(H2,12,17)/t7-,8+,9?,11?/m1/s1. The van der Waals surface area contributed by atoms with E-state index in [1.807, 2.05) is 0 Å². The second-order valence-electron chi connectivity index (χ2n) is 4.28. The van der Waals surface area contributed by atoms with Gasteiger partial charge in [0, 0.05) is 18.0 Å². The number of carbonyl (C=O) groups excluding carboxylic acids is 1. The third kappa shape index (κ3) is 2.25. The zero-order valence-corrected chi connectivity index (χ0v) is 9.64. The Kier molecular flexibility index (Phi) is 3.67. The molecule has 2 aliphatic rings. The van der Waals surface area contributed by atoms with E-state index in [9.17, 15) is 15.0 Å². The smallest absolute Gasteiger partial charge is 0.246 e. The second-order valence-corrected chi connectivity index (χ2v) is 4.28. The van der Waals surface area contributed by atoms with E-state index in [0.29, 0.717) is 12.0 Å². The van der Waals surface area contributed by atoms with E-state index in [1.54, 1.807) is 12.3 Å². The molecule has 1 fully saturated rings. The molecule has 7 nitrogen and oxygen atoms in total. The van der Waals surface area contributed by atoms with Crippen molar-refractivity contribution in [2.45, 2.75) is 31.0 Å². The molecule has 4 atom stereocenters. The maximum Gasteiger partial charge on any atom is 0.246 e. The van der Waals surface area contributed by atoms with Gasteiger partial charge in [-0.2, -0.15) is 0 Å². The Hall–Kier alpha value is -1.41. The van der Waals surface area contributed by atoms with E-state index in [2.05, 4.69) is 0 Å². The number of rotatable bonds is 3. The van der Waals surface area contributed by atoms with Crippen molar-refractivity contribution < 1.29 is 24.9 Å². The quantitative estimate of drug-likeness (QED) is 0.465. The number of nitrogens with two attached hydrogens (primary N) is 1. The molecule has 0 radical (unpaired) electrons. The van der Waals surface area contributed by atoms with Crippen molar-refractivity contribution in [1.82, 2.24) is 4.90 Å². The molecular formula is C11H16N2O5. The molecule has 2 heterocycles. The SMILES string of the molecule is NC(=O)C1=CN(C2O[C@H](CO)[C@H](O)C2O)C=CC1. The van der Waals surface area contributed by atoms with Gasteiger partial charge in [0.2, 0.25) is 5.91 Å². The third-order valence-electron chi connectivity index (χ3n) is 3.05. The van der Waals surface area contributed by atoms with Gasteiger partial charge in [0.15, 0.2) is 6.23 Å². The Bertz CT molecular complexity index is 395. The summed E-state index contributed by atoms with van der Waals surface area (Å²) < 4.78 is 5.33. The molecule has 0 aromatic rings. The molecule has 2 aliphatic heterocycles. The van der Waals surface area contributed by atoms with Crippen LogP contribution in [0.4, 0.5) is 0 Å². The molecule has 0 saturated carbocycles. The van der Waals surface area contributed by atoms with Crippen molar-refractivity contribution in [2.24, 2.45) is 5.73 Å². The lowest BCUT2D eigenvalue weighted by Crippen LogP contribution is -2.40. The molecule has 2 rings (SSSR count). The summed E-state index contributed by atoms with van der Waals surface area (Å²) in [5.74, 6) is -0.545. The minimum atomic E-state index is -1.17. The van der Waals surface area contributed by atoms with Crippen LogP contribution in [0, 0.1) is 0 Å². The van der Waals surface area contributed by atoms with Crippen molar-refractivity contribution in [1.29, 1.82) is 0 Å². The number of hydrogen-bond acceptors (Lipinski definition) is 6. The van der Waals surface area contributed by atoms with Crippen LogP contribution < -0.4 is 5.73 Å². The van der Waals surface area contributed by atoms with Crippen LogP contribution in [0.25, 0.3) is 0 Å². The number of allylic oxidation sites excluding steroid dienone is 1. The lowest BCUT2D eigenvalue weighted by atomic mass is 10.1. The van der Waals surface area contributed by atoms with Gasteiger partial charge in [-0.05, 0) is 6.42 Å². The fourth-order valence-electron chi connectivity index (χ4n) is 2.03. The topological polar surface area (TPSA) is 116 Å². The molecule has 0 aliphatic carbocycles. The average molecular weight is 256 g/mol. The maximum absolute atomic E-state index is 11.1. The summed E-state index contributed by atoms with van der Waals surface area (Å²) >= 11 is 0. The fourth-order valence-corrected chi connectivity index (χ4v) is 2.03. The van der Waals surface area contributed by atoms with E-state index in [4.69, 9.17) is 15.6 Å². The summed E-state index contributed by atoms with van der Waals surface area (Å²) in [6.45, 7) is -0.390. The predicted octanol–water partition coefficient (Wildman–Crippen LogP) is -1.99. The first-order valence-electron chi connectivity index (χ1n) is 5.61. The van der Waals surface area contributed by atoms with E-state index < -0.39 is 37.1 Å². The van der Waals surface area contributed by atoms with Gasteiger partial charge < -0.3 is 30.7 Å². The number of carbonyl (C=O) groups is 1. The summed E-state index contributed by atoms with van der Waals surface area (Å²) in [5, 5.41) is 28.5. The molecule has 18 heavy (non-hydrogen) atoms. The lowest BCUT2D eigenvalue weighted by molar-refractivity contribution is -0.114. The summed E-state index contributed by atoms with van der Waals surface area (Å²) in [5.41, 5.74) is 5.57. The molecule has 1 saturated heterocycles. The number of primary amides is 1. The van der Waals surface area contributed by atoms with Gasteiger partial charge in [-0.15, -0.1) is 0 Å². The highest BCUT2D eigenvalue weighted by Crippen LogP contribution is 2.26. The Balaban J connectivity index is 2.15. The van der Waals surface area contributed by atoms with Gasteiger partial charge in [-0.3, -0.25) is 4.79 Å². The Morgan fingerprint density at radius 1 is 1.50 bits per heavy atom. The largest absolute Gasteiger partial charge is 0.394 e. The normalized spacial score (nSPS) is 35.7. The number of nitrogens with zero attached hydrogens (tertiary/aromatic N) is 1. The van der Waals surface area contributed by atoms with Gasteiger partial charge in [0.1, 0.15) is 18.3 Å². The van der Waals surface area contributed by atoms with Gasteiger partial charge in [-0.25, -0.2) is 0 Å². The van der Waals surface area contributed by atoms with Crippen LogP contribution in [-0.4, -0.2) is 57.3 Å². The van der Waals surface area contributed by atoms with E-state index in [-0.39, 0.29) is 0 Å². The minimum Gasteiger partial charge on any atom is -0.394 e. The Labute approximate surface area is 104 Å². The van der Waals surface area contributed by atoms with Gasteiger partial charge in [-0.1, -0.05) is 6.08 Å². The summed E-state index contributed by atoms with van der Waals surface area (Å²) in [6, 6.07) is 0. The molecule has 5 N–H and O–H groups in total. The van der Waals surface area contributed by atoms with Crippen LogP contribution in [0.15, 0.2) is 24.0 Å². The predicted molar refractivity (Wildman–Crippen MR) is 60.6 cm³/mol. The zero-order chi connectivity index (χ0) is 13.3. The van der Waals surface area contributed by atoms with Crippen LogP contribution in [0.5, 0.6) is 0 Å². The summed E-state index contributed by atoms with van der Waals surface area (Å²) in [6.07, 6.45) is 1.20. The highest BCUT2D eigenvalue weighted by atomic mass is 16.6. The van der Waals surface area contributed by atoms with Crippen LogP contribution in [0.1, 0.15) is 6.42 Å². The van der Waals surface area contributed by atoms with E-state index >= 15 is 0 Å². The van der Waals surface area contributed by atoms with Crippen molar-refractivity contribution in [3.05, 3.63) is 24.0 Å². The molecule has 1 amide bonds. The molecule has 0 bridgehead atoms. The van der Waals surface area contributed by atoms with Gasteiger partial charge in [0.05, 0.1) is 6.61 Å². The van der Waals surface area contributed by atoms with Crippen molar-refractivity contribution in [3.63, 3.8) is 0 Å². The third-order valence-corrected chi connectivity index (χ3v) is 3.05. The number of hydrogen-bond donors (Lipinski definition) is 4. The van der Waals surface area contributed by atoms with Crippen molar-refractivity contribution >= 4 is 5.91 Å². The van der Waals surface area contributed by atoms with Crippen molar-refractivity contribution in [3.8, 4) is 0 Å². The van der Waals surface area contributed by atoms with Crippen LogP contribution in [0.2, 0.25) is 0 Å². The van der Waals surface area contributed by atoms with Crippen LogP contribution in [-0.2, 0) is 9.53 Å². The first kappa shape index (κ1) is 13.0. The Morgan fingerprint density at radius 2 is 2.22 bits per heavy atom. The zero-order valence-electron chi connectivity index (χ0n) is 9.64. The summed E-state index contributed by atoms with van der Waals surface area (Å²) in [4.78, 5) is 12.5. The lowest BCUT2D eigenvalue weighted by Gasteiger charge is -2.28. The second kappa shape index (κ2) is 5.07. The molecule has 0 aromatic heterocycles. The molecular weight excluding hydrogens is 240 g/mol. The van der Waals surface area contributed by atoms with Crippen LogP contribution in [0.3, 0.4) is 0 Å². The van der Waals surface area contributed by atoms with Crippen molar-refractivity contribution in [2.75, 3.05) is 6.61 Å². The average Bonchev–Trinajstić information content (AvgIpc) is 2.66. The van der Waals surface area contributed by atoms with Gasteiger partial charge >= 0.3 is 0 Å². The van der Waals surface area contributed by atoms with Crippen LogP contribution >= 0.6 is 0 Å². The fraction of sp³-hybridized carbons (Fsp3) is 0.545. The highest BCUT2D eigenvalue weighted by molar-refractivity contribution is 5.92. The first-order chi connectivity index (χ1) is 8.54.